The van der Waals surface area contributed by atoms with E-state index in [0.717, 1.165) is 19.4 Å². The zero-order valence-electron chi connectivity index (χ0n) is 8.23. The second-order valence-electron chi connectivity index (χ2n) is 3.63. The molecule has 1 aromatic rings. The van der Waals surface area contributed by atoms with Gasteiger partial charge in [-0.15, -0.1) is 0 Å². The quantitative estimate of drug-likeness (QED) is 0.676. The van der Waals surface area contributed by atoms with E-state index in [4.69, 9.17) is 10.5 Å². The van der Waals surface area contributed by atoms with E-state index < -0.39 is 11.2 Å². The molecular formula is C9H13N3O3. The first-order valence-electron chi connectivity index (χ1n) is 4.87. The summed E-state index contributed by atoms with van der Waals surface area (Å²) in [5.41, 5.74) is 4.49. The third-order valence-electron chi connectivity index (χ3n) is 2.46. The summed E-state index contributed by atoms with van der Waals surface area (Å²) >= 11 is 0. The van der Waals surface area contributed by atoms with Crippen LogP contribution < -0.4 is 17.0 Å². The number of H-pyrrole nitrogens is 1. The molecule has 0 aromatic carbocycles. The topological polar surface area (TPSA) is 90.1 Å². The van der Waals surface area contributed by atoms with Crippen molar-refractivity contribution in [2.75, 3.05) is 12.3 Å². The van der Waals surface area contributed by atoms with Crippen molar-refractivity contribution >= 4 is 5.69 Å². The number of nitrogen functional groups attached to an aromatic ring is 1. The highest BCUT2D eigenvalue weighted by Gasteiger charge is 2.16. The summed E-state index contributed by atoms with van der Waals surface area (Å²) in [6.45, 7) is 1.18. The van der Waals surface area contributed by atoms with E-state index in [-0.39, 0.29) is 11.8 Å². The van der Waals surface area contributed by atoms with Crippen molar-refractivity contribution in [2.45, 2.75) is 25.5 Å². The molecule has 6 nitrogen and oxygen atoms in total. The number of nitrogens with one attached hydrogen (secondary N) is 1. The van der Waals surface area contributed by atoms with Crippen molar-refractivity contribution in [2.24, 2.45) is 0 Å². The summed E-state index contributed by atoms with van der Waals surface area (Å²) in [6, 6.07) is 0. The molecule has 3 N–H and O–H groups in total. The van der Waals surface area contributed by atoms with Crippen LogP contribution in [0, 0.1) is 0 Å². The molecule has 1 fully saturated rings. The predicted molar refractivity (Wildman–Crippen MR) is 54.7 cm³/mol. The Morgan fingerprint density at radius 1 is 1.60 bits per heavy atom. The zero-order valence-corrected chi connectivity index (χ0v) is 8.23. The Labute approximate surface area is 85.7 Å². The molecule has 0 radical (unpaired) electrons. The molecule has 1 atom stereocenters. The van der Waals surface area contributed by atoms with Gasteiger partial charge in [-0.05, 0) is 12.8 Å². The molecule has 15 heavy (non-hydrogen) atoms. The lowest BCUT2D eigenvalue weighted by Crippen LogP contribution is -2.33. The van der Waals surface area contributed by atoms with Gasteiger partial charge in [0.2, 0.25) is 0 Å². The molecule has 82 valence electrons. The van der Waals surface area contributed by atoms with Crippen LogP contribution in [0.1, 0.15) is 12.8 Å². The van der Waals surface area contributed by atoms with Crippen LogP contribution in [-0.2, 0) is 11.3 Å². The Balaban J connectivity index is 2.24. The maximum absolute atomic E-state index is 11.4. The average molecular weight is 211 g/mol. The van der Waals surface area contributed by atoms with Gasteiger partial charge in [0, 0.05) is 12.8 Å². The highest BCUT2D eigenvalue weighted by Crippen LogP contribution is 2.12. The highest BCUT2D eigenvalue weighted by atomic mass is 16.5. The number of ether oxygens (including phenoxy) is 1. The van der Waals surface area contributed by atoms with Gasteiger partial charge in [0.25, 0.3) is 5.56 Å². The van der Waals surface area contributed by atoms with Crippen molar-refractivity contribution in [3.05, 3.63) is 27.0 Å². The van der Waals surface area contributed by atoms with E-state index in [0.29, 0.717) is 6.54 Å². The molecule has 2 rings (SSSR count). The van der Waals surface area contributed by atoms with Crippen molar-refractivity contribution in [1.29, 1.82) is 0 Å². The molecule has 0 saturated carbocycles. The molecule has 1 aliphatic rings. The summed E-state index contributed by atoms with van der Waals surface area (Å²) in [4.78, 5) is 24.5. The monoisotopic (exact) mass is 211 g/mol. The molecule has 0 bridgehead atoms. The van der Waals surface area contributed by atoms with E-state index in [1.165, 1.54) is 10.8 Å². The molecule has 0 aliphatic carbocycles. The van der Waals surface area contributed by atoms with Crippen LogP contribution in [0.3, 0.4) is 0 Å². The normalized spacial score (nSPS) is 20.7. The van der Waals surface area contributed by atoms with Gasteiger partial charge < -0.3 is 10.5 Å². The van der Waals surface area contributed by atoms with E-state index in [1.807, 2.05) is 0 Å². The van der Waals surface area contributed by atoms with Gasteiger partial charge >= 0.3 is 5.69 Å². The fourth-order valence-electron chi connectivity index (χ4n) is 1.67. The zero-order chi connectivity index (χ0) is 10.8. The van der Waals surface area contributed by atoms with Crippen molar-refractivity contribution < 1.29 is 4.74 Å². The lowest BCUT2D eigenvalue weighted by molar-refractivity contribution is 0.0958. The van der Waals surface area contributed by atoms with Crippen LogP contribution >= 0.6 is 0 Å². The fourth-order valence-corrected chi connectivity index (χ4v) is 1.67. The maximum atomic E-state index is 11.4. The van der Waals surface area contributed by atoms with E-state index in [9.17, 15) is 9.59 Å². The van der Waals surface area contributed by atoms with E-state index >= 15 is 0 Å². The number of nitrogens with two attached hydrogens (primary N) is 1. The Hall–Kier alpha value is -1.56. The van der Waals surface area contributed by atoms with Crippen molar-refractivity contribution in [3.63, 3.8) is 0 Å². The van der Waals surface area contributed by atoms with E-state index in [2.05, 4.69) is 4.98 Å². The number of aromatic nitrogens is 2. The van der Waals surface area contributed by atoms with Gasteiger partial charge in [-0.2, -0.15) is 0 Å². The fraction of sp³-hybridized carbons (Fsp3) is 0.556. The summed E-state index contributed by atoms with van der Waals surface area (Å²) < 4.78 is 6.77. The summed E-state index contributed by atoms with van der Waals surface area (Å²) in [5.74, 6) is 0. The SMILES string of the molecule is Nc1cn(CC2CCCO2)c(=O)[nH]c1=O. The minimum absolute atomic E-state index is 0.0487. The van der Waals surface area contributed by atoms with Gasteiger partial charge in [0.1, 0.15) is 5.69 Å². The number of hydrogen-bond acceptors (Lipinski definition) is 4. The summed E-state index contributed by atoms with van der Waals surface area (Å²) in [7, 11) is 0. The standard InChI is InChI=1S/C9H13N3O3/c10-7-5-12(9(14)11-8(7)13)4-6-2-1-3-15-6/h5-6H,1-4,10H2,(H,11,13,14). The number of nitrogens with zero attached hydrogens (tertiary/aromatic N) is 1. The van der Waals surface area contributed by atoms with Crippen molar-refractivity contribution in [1.82, 2.24) is 9.55 Å². The van der Waals surface area contributed by atoms with Crippen LogP contribution in [0.15, 0.2) is 15.8 Å². The third-order valence-corrected chi connectivity index (χ3v) is 2.46. The molecule has 1 unspecified atom stereocenters. The van der Waals surface area contributed by atoms with Crippen molar-refractivity contribution in [3.8, 4) is 0 Å². The molecule has 0 amide bonds. The first-order valence-corrected chi connectivity index (χ1v) is 4.87. The lowest BCUT2D eigenvalue weighted by atomic mass is 10.2. The molecule has 0 spiro atoms. The minimum Gasteiger partial charge on any atom is -0.393 e. The summed E-state index contributed by atoms with van der Waals surface area (Å²) in [5, 5.41) is 0. The number of aromatic amines is 1. The molecule has 6 heteroatoms. The second-order valence-corrected chi connectivity index (χ2v) is 3.63. The lowest BCUT2D eigenvalue weighted by Gasteiger charge is -2.11. The van der Waals surface area contributed by atoms with Crippen LogP contribution in [0.2, 0.25) is 0 Å². The van der Waals surface area contributed by atoms with Gasteiger partial charge in [-0.3, -0.25) is 14.3 Å². The smallest absolute Gasteiger partial charge is 0.328 e. The highest BCUT2D eigenvalue weighted by molar-refractivity contribution is 5.30. The van der Waals surface area contributed by atoms with Crippen LogP contribution in [0.4, 0.5) is 5.69 Å². The van der Waals surface area contributed by atoms with E-state index in [1.54, 1.807) is 0 Å². The first kappa shape index (κ1) is 9.97. The number of anilines is 1. The maximum Gasteiger partial charge on any atom is 0.328 e. The van der Waals surface area contributed by atoms with Gasteiger partial charge in [-0.25, -0.2) is 4.79 Å². The molecule has 2 heterocycles. The number of rotatable bonds is 2. The minimum atomic E-state index is -0.538. The predicted octanol–water partition coefficient (Wildman–Crippen LogP) is -0.702. The van der Waals surface area contributed by atoms with Crippen LogP contribution in [0.25, 0.3) is 0 Å². The third kappa shape index (κ3) is 2.10. The molecule has 1 aromatic heterocycles. The Morgan fingerprint density at radius 3 is 3.07 bits per heavy atom. The van der Waals surface area contributed by atoms with Gasteiger partial charge in [0.15, 0.2) is 0 Å². The first-order chi connectivity index (χ1) is 7.16. The molecule has 1 saturated heterocycles. The second kappa shape index (κ2) is 3.90. The number of hydrogen-bond donors (Lipinski definition) is 2. The van der Waals surface area contributed by atoms with Gasteiger partial charge in [0.05, 0.1) is 12.6 Å². The van der Waals surface area contributed by atoms with Gasteiger partial charge in [-0.1, -0.05) is 0 Å². The Kier molecular flexibility index (Phi) is 2.59. The summed E-state index contributed by atoms with van der Waals surface area (Å²) in [6.07, 6.45) is 3.36. The Morgan fingerprint density at radius 2 is 2.40 bits per heavy atom. The average Bonchev–Trinajstić information content (AvgIpc) is 2.67. The largest absolute Gasteiger partial charge is 0.393 e. The molecular weight excluding hydrogens is 198 g/mol. The Bertz CT molecular complexity index is 456. The molecule has 1 aliphatic heterocycles. The van der Waals surface area contributed by atoms with Crippen LogP contribution in [-0.4, -0.2) is 22.3 Å². The van der Waals surface area contributed by atoms with Crippen LogP contribution in [0.5, 0.6) is 0 Å².